The van der Waals surface area contributed by atoms with Gasteiger partial charge in [-0.15, -0.1) is 0 Å². The summed E-state index contributed by atoms with van der Waals surface area (Å²) in [5, 5.41) is 14.8. The number of nitrogens with zero attached hydrogens (tertiary/aromatic N) is 2. The molecule has 0 unspecified atom stereocenters. The quantitative estimate of drug-likeness (QED) is 0.671. The van der Waals surface area contributed by atoms with Gasteiger partial charge in [0.2, 0.25) is 0 Å². The molecule has 1 saturated heterocycles. The van der Waals surface area contributed by atoms with Crippen molar-refractivity contribution in [3.8, 4) is 0 Å². The Morgan fingerprint density at radius 1 is 1.00 bits per heavy atom. The predicted molar refractivity (Wildman–Crippen MR) is 98.5 cm³/mol. The third-order valence-corrected chi connectivity index (χ3v) is 5.53. The highest BCUT2D eigenvalue weighted by Gasteiger charge is 2.37. The van der Waals surface area contributed by atoms with Crippen molar-refractivity contribution in [2.75, 3.05) is 11.4 Å². The zero-order valence-corrected chi connectivity index (χ0v) is 14.2. The SMILES string of the molecule is O=[N+]([O-])c1ccc([C@@H]2N[C@@H]3CCCC[C@@H]3CN2c2ccccc2)cc1. The first-order valence-corrected chi connectivity index (χ1v) is 9.04. The van der Waals surface area contributed by atoms with Crippen LogP contribution >= 0.6 is 0 Å². The Bertz CT molecular complexity index is 732. The standard InChI is InChI=1S/C20H23N3O2/c24-23(25)18-12-10-15(11-13-18)20-21-19-9-5-4-6-16(19)14-22(20)17-7-2-1-3-8-17/h1-3,7-8,10-13,16,19-21H,4-6,9,14H2/t16-,19-,20-/m1/s1. The van der Waals surface area contributed by atoms with Gasteiger partial charge in [0.1, 0.15) is 6.17 Å². The van der Waals surface area contributed by atoms with Crippen molar-refractivity contribution in [1.29, 1.82) is 0 Å². The number of anilines is 1. The van der Waals surface area contributed by atoms with Crippen LogP contribution in [0.25, 0.3) is 0 Å². The van der Waals surface area contributed by atoms with Gasteiger partial charge in [-0.05, 0) is 48.6 Å². The molecule has 0 radical (unpaired) electrons. The Labute approximate surface area is 147 Å². The van der Waals surface area contributed by atoms with E-state index in [-0.39, 0.29) is 16.8 Å². The molecule has 1 aliphatic heterocycles. The van der Waals surface area contributed by atoms with Gasteiger partial charge in [-0.2, -0.15) is 0 Å². The van der Waals surface area contributed by atoms with Crippen molar-refractivity contribution in [3.63, 3.8) is 0 Å². The molecular formula is C20H23N3O2. The first kappa shape index (κ1) is 16.1. The number of nitro groups is 1. The van der Waals surface area contributed by atoms with E-state index in [9.17, 15) is 10.1 Å². The van der Waals surface area contributed by atoms with Crippen LogP contribution in [0.4, 0.5) is 11.4 Å². The zero-order valence-electron chi connectivity index (χ0n) is 14.2. The summed E-state index contributed by atoms with van der Waals surface area (Å²) >= 11 is 0. The summed E-state index contributed by atoms with van der Waals surface area (Å²) in [5.41, 5.74) is 2.42. The Kier molecular flexibility index (Phi) is 4.40. The maximum absolute atomic E-state index is 10.9. The summed E-state index contributed by atoms with van der Waals surface area (Å²) in [6.07, 6.45) is 5.15. The maximum Gasteiger partial charge on any atom is 0.269 e. The lowest BCUT2D eigenvalue weighted by Crippen LogP contribution is -2.56. The van der Waals surface area contributed by atoms with Crippen molar-refractivity contribution >= 4 is 11.4 Å². The number of para-hydroxylation sites is 1. The van der Waals surface area contributed by atoms with E-state index in [2.05, 4.69) is 34.5 Å². The second kappa shape index (κ2) is 6.84. The van der Waals surface area contributed by atoms with Gasteiger partial charge in [-0.3, -0.25) is 15.4 Å². The fourth-order valence-electron chi connectivity index (χ4n) is 4.22. The van der Waals surface area contributed by atoms with E-state index in [0.29, 0.717) is 12.0 Å². The average Bonchev–Trinajstić information content (AvgIpc) is 2.68. The van der Waals surface area contributed by atoms with Gasteiger partial charge in [-0.25, -0.2) is 0 Å². The van der Waals surface area contributed by atoms with Gasteiger partial charge >= 0.3 is 0 Å². The third-order valence-electron chi connectivity index (χ3n) is 5.53. The molecular weight excluding hydrogens is 314 g/mol. The molecule has 5 nitrogen and oxygen atoms in total. The Hall–Kier alpha value is -2.40. The van der Waals surface area contributed by atoms with Crippen molar-refractivity contribution in [2.45, 2.75) is 37.9 Å². The zero-order chi connectivity index (χ0) is 17.2. The summed E-state index contributed by atoms with van der Waals surface area (Å²) < 4.78 is 0. The minimum atomic E-state index is -0.343. The molecule has 1 heterocycles. The number of rotatable bonds is 3. The number of fused-ring (bicyclic) bond motifs is 1. The van der Waals surface area contributed by atoms with Crippen LogP contribution in [0.2, 0.25) is 0 Å². The number of nitro benzene ring substituents is 1. The minimum Gasteiger partial charge on any atom is -0.352 e. The molecule has 130 valence electrons. The van der Waals surface area contributed by atoms with E-state index in [1.54, 1.807) is 12.1 Å². The largest absolute Gasteiger partial charge is 0.352 e. The van der Waals surface area contributed by atoms with Crippen LogP contribution in [0.15, 0.2) is 54.6 Å². The molecule has 4 rings (SSSR count). The van der Waals surface area contributed by atoms with Crippen LogP contribution < -0.4 is 10.2 Å². The van der Waals surface area contributed by atoms with Crippen molar-refractivity contribution in [3.05, 3.63) is 70.3 Å². The van der Waals surface area contributed by atoms with Crippen molar-refractivity contribution in [2.24, 2.45) is 5.92 Å². The summed E-state index contributed by atoms with van der Waals surface area (Å²) in [7, 11) is 0. The van der Waals surface area contributed by atoms with Crippen LogP contribution in [-0.2, 0) is 0 Å². The van der Waals surface area contributed by atoms with Gasteiger partial charge < -0.3 is 4.90 Å². The Balaban J connectivity index is 1.67. The highest BCUT2D eigenvalue weighted by Crippen LogP contribution is 2.37. The molecule has 0 bridgehead atoms. The Morgan fingerprint density at radius 2 is 1.72 bits per heavy atom. The topological polar surface area (TPSA) is 58.4 Å². The number of nitrogens with one attached hydrogen (secondary N) is 1. The van der Waals surface area contributed by atoms with E-state index in [1.165, 1.54) is 31.4 Å². The lowest BCUT2D eigenvalue weighted by atomic mass is 9.81. The first-order valence-electron chi connectivity index (χ1n) is 9.04. The minimum absolute atomic E-state index is 0.0579. The molecule has 5 heteroatoms. The molecule has 2 aromatic carbocycles. The van der Waals surface area contributed by atoms with E-state index in [0.717, 1.165) is 12.1 Å². The van der Waals surface area contributed by atoms with E-state index in [1.807, 2.05) is 18.2 Å². The lowest BCUT2D eigenvalue weighted by molar-refractivity contribution is -0.384. The monoisotopic (exact) mass is 337 g/mol. The van der Waals surface area contributed by atoms with E-state index in [4.69, 9.17) is 0 Å². The number of hydrogen-bond donors (Lipinski definition) is 1. The molecule has 1 N–H and O–H groups in total. The third kappa shape index (κ3) is 3.24. The summed E-state index contributed by atoms with van der Waals surface area (Å²) in [5.74, 6) is 0.670. The highest BCUT2D eigenvalue weighted by molar-refractivity contribution is 5.50. The van der Waals surface area contributed by atoms with Crippen LogP contribution in [0.3, 0.4) is 0 Å². The normalized spacial score (nSPS) is 26.1. The molecule has 25 heavy (non-hydrogen) atoms. The maximum atomic E-state index is 10.9. The van der Waals surface area contributed by atoms with Gasteiger partial charge in [0.05, 0.1) is 4.92 Å². The smallest absolute Gasteiger partial charge is 0.269 e. The first-order chi connectivity index (χ1) is 12.2. The molecule has 2 aromatic rings. The number of hydrogen-bond acceptors (Lipinski definition) is 4. The Morgan fingerprint density at radius 3 is 2.44 bits per heavy atom. The fourth-order valence-corrected chi connectivity index (χ4v) is 4.22. The second-order valence-corrected chi connectivity index (χ2v) is 7.06. The van der Waals surface area contributed by atoms with Crippen molar-refractivity contribution < 1.29 is 4.92 Å². The van der Waals surface area contributed by atoms with Gasteiger partial charge in [0.15, 0.2) is 0 Å². The van der Waals surface area contributed by atoms with E-state index < -0.39 is 0 Å². The van der Waals surface area contributed by atoms with Crippen LogP contribution in [0.5, 0.6) is 0 Å². The molecule has 0 amide bonds. The van der Waals surface area contributed by atoms with E-state index >= 15 is 0 Å². The average molecular weight is 337 g/mol. The summed E-state index contributed by atoms with van der Waals surface area (Å²) in [6.45, 7) is 1.03. The summed E-state index contributed by atoms with van der Waals surface area (Å²) in [4.78, 5) is 13.0. The molecule has 3 atom stereocenters. The van der Waals surface area contributed by atoms with Crippen LogP contribution in [-0.4, -0.2) is 17.5 Å². The lowest BCUT2D eigenvalue weighted by Gasteiger charge is -2.48. The molecule has 2 aliphatic rings. The number of benzene rings is 2. The summed E-state index contributed by atoms with van der Waals surface area (Å²) in [6, 6.07) is 18.0. The van der Waals surface area contributed by atoms with Gasteiger partial charge in [-0.1, -0.05) is 31.0 Å². The number of non-ortho nitro benzene ring substituents is 1. The predicted octanol–water partition coefficient (Wildman–Crippen LogP) is 4.26. The fraction of sp³-hybridized carbons (Fsp3) is 0.400. The van der Waals surface area contributed by atoms with Crippen LogP contribution in [0, 0.1) is 16.0 Å². The van der Waals surface area contributed by atoms with Crippen LogP contribution in [0.1, 0.15) is 37.4 Å². The molecule has 1 aliphatic carbocycles. The van der Waals surface area contributed by atoms with Gasteiger partial charge in [0, 0.05) is 30.4 Å². The molecule has 0 spiro atoms. The molecule has 2 fully saturated rings. The molecule has 1 saturated carbocycles. The molecule has 0 aromatic heterocycles. The second-order valence-electron chi connectivity index (χ2n) is 7.06. The van der Waals surface area contributed by atoms with Crippen molar-refractivity contribution in [1.82, 2.24) is 5.32 Å². The highest BCUT2D eigenvalue weighted by atomic mass is 16.6. The van der Waals surface area contributed by atoms with Gasteiger partial charge in [0.25, 0.3) is 5.69 Å².